The highest BCUT2D eigenvalue weighted by molar-refractivity contribution is 5.99. The molecule has 9 nitrogen and oxygen atoms in total. The molecule has 0 aliphatic rings. The average Bonchev–Trinajstić information content (AvgIpc) is 2.92. The Kier molecular flexibility index (Phi) is 10.4. The Morgan fingerprint density at radius 2 is 1.61 bits per heavy atom. The lowest BCUT2D eigenvalue weighted by molar-refractivity contribution is -0.140. The van der Waals surface area contributed by atoms with Gasteiger partial charge >= 0.3 is 6.09 Å². The number of phenols is 1. The maximum absolute atomic E-state index is 14.2. The van der Waals surface area contributed by atoms with Gasteiger partial charge in [0.05, 0.1) is 7.11 Å². The minimum absolute atomic E-state index is 0.0895. The molecular weight excluding hydrogens is 522 g/mol. The van der Waals surface area contributed by atoms with E-state index in [1.165, 1.54) is 4.90 Å². The Bertz CT molecular complexity index is 1340. The second-order valence-electron chi connectivity index (χ2n) is 10.6. The van der Waals surface area contributed by atoms with Crippen molar-refractivity contribution in [3.05, 3.63) is 89.5 Å². The highest BCUT2D eigenvalue weighted by Gasteiger charge is 2.37. The summed E-state index contributed by atoms with van der Waals surface area (Å²) in [6, 6.07) is 18.9. The number of para-hydroxylation sites is 1. The largest absolute Gasteiger partial charge is 0.507 e. The van der Waals surface area contributed by atoms with Crippen molar-refractivity contribution in [3.63, 3.8) is 0 Å². The number of ether oxygens (including phenoxy) is 2. The first-order valence-corrected chi connectivity index (χ1v) is 13.5. The molecule has 3 aromatic rings. The summed E-state index contributed by atoms with van der Waals surface area (Å²) in [5, 5.41) is 16.6. The van der Waals surface area contributed by atoms with Crippen molar-refractivity contribution in [1.29, 1.82) is 0 Å². The molecule has 3 aromatic carbocycles. The fourth-order valence-corrected chi connectivity index (χ4v) is 4.40. The van der Waals surface area contributed by atoms with Gasteiger partial charge in [0.15, 0.2) is 0 Å². The predicted octanol–water partition coefficient (Wildman–Crippen LogP) is 5.37. The molecule has 3 amide bonds. The molecule has 0 aliphatic heterocycles. The molecule has 41 heavy (non-hydrogen) atoms. The number of hydrogen-bond donors (Lipinski definition) is 3. The van der Waals surface area contributed by atoms with Gasteiger partial charge in [0.2, 0.25) is 5.91 Å². The number of benzene rings is 3. The molecule has 0 saturated heterocycles. The summed E-state index contributed by atoms with van der Waals surface area (Å²) in [6.45, 7) is 8.79. The standard InChI is InChI=1S/C32H39N3O6/c1-7-35(30(38)26(20-22-13-9-8-10-14-22)34-31(39)41-32(3,4)5)27(25-15-11-12-21(2)28(25)36)29(37)33-23-16-18-24(40-6)19-17-23/h8-19,26-27,36H,7,20H2,1-6H3,(H,33,37)(H,34,39). The maximum atomic E-state index is 14.2. The minimum atomic E-state index is -1.20. The van der Waals surface area contributed by atoms with E-state index in [0.29, 0.717) is 17.0 Å². The van der Waals surface area contributed by atoms with E-state index in [9.17, 15) is 19.5 Å². The molecule has 3 rings (SSSR count). The van der Waals surface area contributed by atoms with Crippen LogP contribution in [0.4, 0.5) is 10.5 Å². The summed E-state index contributed by atoms with van der Waals surface area (Å²) in [7, 11) is 1.55. The number of rotatable bonds is 10. The van der Waals surface area contributed by atoms with Gasteiger partial charge in [0.25, 0.3) is 5.91 Å². The zero-order chi connectivity index (χ0) is 30.2. The molecule has 2 unspecified atom stereocenters. The molecular formula is C32H39N3O6. The minimum Gasteiger partial charge on any atom is -0.507 e. The van der Waals surface area contributed by atoms with Crippen LogP contribution in [0.1, 0.15) is 50.4 Å². The van der Waals surface area contributed by atoms with Gasteiger partial charge in [0, 0.05) is 24.2 Å². The third kappa shape index (κ3) is 8.48. The summed E-state index contributed by atoms with van der Waals surface area (Å²) < 4.78 is 10.6. The zero-order valence-electron chi connectivity index (χ0n) is 24.4. The smallest absolute Gasteiger partial charge is 0.408 e. The number of hydrogen-bond acceptors (Lipinski definition) is 6. The van der Waals surface area contributed by atoms with E-state index < -0.39 is 35.6 Å². The van der Waals surface area contributed by atoms with E-state index in [-0.39, 0.29) is 24.3 Å². The number of anilines is 1. The Morgan fingerprint density at radius 1 is 0.951 bits per heavy atom. The van der Waals surface area contributed by atoms with E-state index in [4.69, 9.17) is 9.47 Å². The van der Waals surface area contributed by atoms with Crippen molar-refractivity contribution in [2.75, 3.05) is 19.0 Å². The molecule has 0 spiro atoms. The van der Waals surface area contributed by atoms with Gasteiger partial charge in [-0.3, -0.25) is 9.59 Å². The molecule has 2 atom stereocenters. The Morgan fingerprint density at radius 3 is 2.20 bits per heavy atom. The SMILES string of the molecule is CCN(C(=O)C(Cc1ccccc1)NC(=O)OC(C)(C)C)C(C(=O)Nc1ccc(OC)cc1)c1cccc(C)c1O. The Labute approximate surface area is 241 Å². The predicted molar refractivity (Wildman–Crippen MR) is 158 cm³/mol. The quantitative estimate of drug-likeness (QED) is 0.306. The van der Waals surface area contributed by atoms with Crippen LogP contribution in [0, 0.1) is 6.92 Å². The van der Waals surface area contributed by atoms with Gasteiger partial charge in [0.1, 0.15) is 29.2 Å². The molecule has 3 N–H and O–H groups in total. The van der Waals surface area contributed by atoms with Crippen LogP contribution >= 0.6 is 0 Å². The number of nitrogens with one attached hydrogen (secondary N) is 2. The second kappa shape index (κ2) is 13.7. The van der Waals surface area contributed by atoms with Crippen LogP contribution in [0.2, 0.25) is 0 Å². The number of methoxy groups -OCH3 is 1. The van der Waals surface area contributed by atoms with Gasteiger partial charge in [-0.2, -0.15) is 0 Å². The highest BCUT2D eigenvalue weighted by atomic mass is 16.6. The Hall–Kier alpha value is -4.53. The number of aryl methyl sites for hydroxylation is 1. The summed E-state index contributed by atoms with van der Waals surface area (Å²) >= 11 is 0. The maximum Gasteiger partial charge on any atom is 0.408 e. The van der Waals surface area contributed by atoms with Gasteiger partial charge in [-0.1, -0.05) is 48.5 Å². The number of carbonyl (C=O) groups is 3. The first kappa shape index (κ1) is 31.0. The molecule has 9 heteroatoms. The van der Waals surface area contributed by atoms with Crippen molar-refractivity contribution in [2.24, 2.45) is 0 Å². The van der Waals surface area contributed by atoms with Gasteiger partial charge in [-0.15, -0.1) is 0 Å². The molecule has 218 valence electrons. The summed E-state index contributed by atoms with van der Waals surface area (Å²) in [5.74, 6) is -0.494. The third-order valence-electron chi connectivity index (χ3n) is 6.38. The van der Waals surface area contributed by atoms with Crippen molar-refractivity contribution >= 4 is 23.6 Å². The van der Waals surface area contributed by atoms with Crippen molar-refractivity contribution < 1.29 is 29.0 Å². The lowest BCUT2D eigenvalue weighted by Crippen LogP contribution is -2.53. The van der Waals surface area contributed by atoms with E-state index >= 15 is 0 Å². The van der Waals surface area contributed by atoms with Crippen molar-refractivity contribution in [3.8, 4) is 11.5 Å². The number of nitrogens with zero attached hydrogens (tertiary/aromatic N) is 1. The summed E-state index contributed by atoms with van der Waals surface area (Å²) in [5.41, 5.74) is 1.35. The number of aromatic hydroxyl groups is 1. The van der Waals surface area contributed by atoms with Gasteiger partial charge in [-0.05, 0) is 70.0 Å². The van der Waals surface area contributed by atoms with Gasteiger partial charge < -0.3 is 30.1 Å². The molecule has 0 fully saturated rings. The number of amides is 3. The number of phenolic OH excluding ortho intramolecular Hbond substituents is 1. The lowest BCUT2D eigenvalue weighted by atomic mass is 9.98. The van der Waals surface area contributed by atoms with Crippen LogP contribution in [0.5, 0.6) is 11.5 Å². The van der Waals surface area contributed by atoms with Crippen LogP contribution in [0.15, 0.2) is 72.8 Å². The van der Waals surface area contributed by atoms with E-state index in [1.807, 2.05) is 30.3 Å². The van der Waals surface area contributed by atoms with E-state index in [0.717, 1.165) is 5.56 Å². The van der Waals surface area contributed by atoms with Gasteiger partial charge in [-0.25, -0.2) is 4.79 Å². The first-order valence-electron chi connectivity index (χ1n) is 13.5. The number of likely N-dealkylation sites (N-methyl/N-ethyl adjacent to an activating group) is 1. The van der Waals surface area contributed by atoms with Crippen LogP contribution in [0.25, 0.3) is 0 Å². The summed E-state index contributed by atoms with van der Waals surface area (Å²) in [6.07, 6.45) is -0.581. The zero-order valence-corrected chi connectivity index (χ0v) is 24.4. The van der Waals surface area contributed by atoms with Crippen molar-refractivity contribution in [2.45, 2.75) is 58.7 Å². The fourth-order valence-electron chi connectivity index (χ4n) is 4.40. The second-order valence-corrected chi connectivity index (χ2v) is 10.6. The molecule has 0 aromatic heterocycles. The third-order valence-corrected chi connectivity index (χ3v) is 6.38. The topological polar surface area (TPSA) is 117 Å². The fraction of sp³-hybridized carbons (Fsp3) is 0.344. The summed E-state index contributed by atoms with van der Waals surface area (Å²) in [4.78, 5) is 42.2. The molecule has 0 aliphatic carbocycles. The first-order chi connectivity index (χ1) is 19.4. The normalized spacial score (nSPS) is 12.5. The highest BCUT2D eigenvalue weighted by Crippen LogP contribution is 2.33. The van der Waals surface area contributed by atoms with Crippen LogP contribution < -0.4 is 15.4 Å². The van der Waals surface area contributed by atoms with E-state index in [2.05, 4.69) is 10.6 Å². The number of carbonyl (C=O) groups excluding carboxylic acids is 3. The molecule has 0 heterocycles. The lowest BCUT2D eigenvalue weighted by Gasteiger charge is -2.34. The number of alkyl carbamates (subject to hydrolysis) is 1. The Balaban J connectivity index is 2.02. The monoisotopic (exact) mass is 561 g/mol. The molecule has 0 radical (unpaired) electrons. The van der Waals surface area contributed by atoms with Crippen LogP contribution in [-0.2, 0) is 20.7 Å². The van der Waals surface area contributed by atoms with E-state index in [1.54, 1.807) is 84.2 Å². The van der Waals surface area contributed by atoms with Crippen LogP contribution in [-0.4, -0.2) is 53.2 Å². The van der Waals surface area contributed by atoms with Crippen molar-refractivity contribution in [1.82, 2.24) is 10.2 Å². The average molecular weight is 562 g/mol. The molecule has 0 saturated carbocycles. The van der Waals surface area contributed by atoms with Crippen LogP contribution in [0.3, 0.4) is 0 Å². The molecule has 0 bridgehead atoms.